The molecule has 4 rings (SSSR count). The van der Waals surface area contributed by atoms with Crippen molar-refractivity contribution in [1.82, 2.24) is 15.0 Å². The third-order valence-electron chi connectivity index (χ3n) is 4.91. The highest BCUT2D eigenvalue weighted by Crippen LogP contribution is 2.28. The van der Waals surface area contributed by atoms with Crippen molar-refractivity contribution in [2.24, 2.45) is 0 Å². The van der Waals surface area contributed by atoms with Gasteiger partial charge in [-0.1, -0.05) is 53.7 Å². The summed E-state index contributed by atoms with van der Waals surface area (Å²) in [6, 6.07) is 17.5. The van der Waals surface area contributed by atoms with Crippen LogP contribution in [0.4, 0.5) is 0 Å². The van der Waals surface area contributed by atoms with Gasteiger partial charge in [-0.2, -0.15) is 4.98 Å². The normalized spacial score (nSPS) is 17.3. The van der Waals surface area contributed by atoms with Crippen LogP contribution in [0.2, 0.25) is 0 Å². The SMILES string of the molecule is Cc1ccccc1C(=O)N1CCC[C@H](c2nc(-c3ccccc3)no2)C1. The predicted octanol–water partition coefficient (Wildman–Crippen LogP) is 4.06. The summed E-state index contributed by atoms with van der Waals surface area (Å²) < 4.78 is 5.52. The van der Waals surface area contributed by atoms with Crippen LogP contribution in [-0.2, 0) is 0 Å². The van der Waals surface area contributed by atoms with Crippen molar-refractivity contribution in [1.29, 1.82) is 0 Å². The van der Waals surface area contributed by atoms with Gasteiger partial charge in [0.15, 0.2) is 0 Å². The number of rotatable bonds is 3. The van der Waals surface area contributed by atoms with Gasteiger partial charge in [0.2, 0.25) is 11.7 Å². The number of carbonyl (C=O) groups is 1. The number of aromatic nitrogens is 2. The van der Waals surface area contributed by atoms with Crippen LogP contribution in [0.15, 0.2) is 59.1 Å². The van der Waals surface area contributed by atoms with Gasteiger partial charge in [0.05, 0.1) is 5.92 Å². The number of piperidine rings is 1. The fourth-order valence-electron chi connectivity index (χ4n) is 3.45. The second kappa shape index (κ2) is 7.12. The molecule has 0 spiro atoms. The quantitative estimate of drug-likeness (QED) is 0.717. The largest absolute Gasteiger partial charge is 0.339 e. The summed E-state index contributed by atoms with van der Waals surface area (Å²) in [5.74, 6) is 1.38. The molecule has 1 fully saturated rings. The number of hydrogen-bond acceptors (Lipinski definition) is 4. The van der Waals surface area contributed by atoms with E-state index in [1.54, 1.807) is 0 Å². The van der Waals surface area contributed by atoms with E-state index < -0.39 is 0 Å². The molecule has 0 aliphatic carbocycles. The minimum absolute atomic E-state index is 0.0793. The molecule has 0 N–H and O–H groups in total. The Labute approximate surface area is 152 Å². The first-order chi connectivity index (χ1) is 12.7. The zero-order valence-electron chi connectivity index (χ0n) is 14.8. The van der Waals surface area contributed by atoms with Crippen molar-refractivity contribution in [3.63, 3.8) is 0 Å². The molecule has 0 bridgehead atoms. The van der Waals surface area contributed by atoms with E-state index in [2.05, 4.69) is 10.1 Å². The van der Waals surface area contributed by atoms with Gasteiger partial charge in [0.1, 0.15) is 0 Å². The zero-order valence-corrected chi connectivity index (χ0v) is 14.8. The Bertz CT molecular complexity index is 904. The van der Waals surface area contributed by atoms with Crippen molar-refractivity contribution in [2.75, 3.05) is 13.1 Å². The first-order valence-electron chi connectivity index (χ1n) is 8.96. The van der Waals surface area contributed by atoms with Crippen molar-refractivity contribution in [2.45, 2.75) is 25.7 Å². The lowest BCUT2D eigenvalue weighted by molar-refractivity contribution is 0.0695. The average molecular weight is 347 g/mol. The molecular weight excluding hydrogens is 326 g/mol. The number of nitrogens with zero attached hydrogens (tertiary/aromatic N) is 3. The number of likely N-dealkylation sites (tertiary alicyclic amines) is 1. The first-order valence-corrected chi connectivity index (χ1v) is 8.96. The van der Waals surface area contributed by atoms with Crippen LogP contribution in [0.1, 0.15) is 40.6 Å². The van der Waals surface area contributed by atoms with Crippen molar-refractivity contribution in [3.8, 4) is 11.4 Å². The highest BCUT2D eigenvalue weighted by Gasteiger charge is 2.29. The summed E-state index contributed by atoms with van der Waals surface area (Å²) in [4.78, 5) is 19.4. The second-order valence-electron chi connectivity index (χ2n) is 6.73. The number of amides is 1. The number of aryl methyl sites for hydroxylation is 1. The fourth-order valence-corrected chi connectivity index (χ4v) is 3.45. The van der Waals surface area contributed by atoms with Crippen LogP contribution >= 0.6 is 0 Å². The lowest BCUT2D eigenvalue weighted by Crippen LogP contribution is -2.39. The van der Waals surface area contributed by atoms with Crippen molar-refractivity contribution >= 4 is 5.91 Å². The summed E-state index contributed by atoms with van der Waals surface area (Å²) in [6.07, 6.45) is 1.89. The van der Waals surface area contributed by atoms with E-state index in [4.69, 9.17) is 4.52 Å². The molecule has 1 aliphatic rings. The van der Waals surface area contributed by atoms with E-state index in [0.717, 1.165) is 36.1 Å². The summed E-state index contributed by atoms with van der Waals surface area (Å²) >= 11 is 0. The van der Waals surface area contributed by atoms with Crippen LogP contribution < -0.4 is 0 Å². The highest BCUT2D eigenvalue weighted by atomic mass is 16.5. The lowest BCUT2D eigenvalue weighted by atomic mass is 9.96. The molecule has 0 saturated carbocycles. The van der Waals surface area contributed by atoms with Gasteiger partial charge in [-0.3, -0.25) is 4.79 Å². The van der Waals surface area contributed by atoms with Crippen molar-refractivity contribution in [3.05, 3.63) is 71.6 Å². The van der Waals surface area contributed by atoms with Gasteiger partial charge >= 0.3 is 0 Å². The maximum Gasteiger partial charge on any atom is 0.254 e. The third-order valence-corrected chi connectivity index (χ3v) is 4.91. The molecule has 5 heteroatoms. The van der Waals surface area contributed by atoms with Crippen molar-refractivity contribution < 1.29 is 9.32 Å². The molecule has 1 saturated heterocycles. The predicted molar refractivity (Wildman–Crippen MR) is 98.8 cm³/mol. The highest BCUT2D eigenvalue weighted by molar-refractivity contribution is 5.95. The lowest BCUT2D eigenvalue weighted by Gasteiger charge is -2.31. The fraction of sp³-hybridized carbons (Fsp3) is 0.286. The number of hydrogen-bond donors (Lipinski definition) is 0. The van der Waals surface area contributed by atoms with Gasteiger partial charge in [0.25, 0.3) is 5.91 Å². The summed E-state index contributed by atoms with van der Waals surface area (Å²) in [5.41, 5.74) is 2.71. The van der Waals surface area contributed by atoms with Crippen LogP contribution in [0, 0.1) is 6.92 Å². The zero-order chi connectivity index (χ0) is 17.9. The molecule has 0 unspecified atom stereocenters. The third kappa shape index (κ3) is 3.25. The van der Waals surface area contributed by atoms with Crippen LogP contribution in [0.3, 0.4) is 0 Å². The monoisotopic (exact) mass is 347 g/mol. The molecule has 2 heterocycles. The first kappa shape index (κ1) is 16.5. The van der Waals surface area contributed by atoms with Crippen LogP contribution in [0.5, 0.6) is 0 Å². The maximum atomic E-state index is 12.9. The summed E-state index contributed by atoms with van der Waals surface area (Å²) in [5, 5.41) is 4.11. The smallest absolute Gasteiger partial charge is 0.254 e. The Morgan fingerprint density at radius 1 is 1.12 bits per heavy atom. The average Bonchev–Trinajstić information content (AvgIpc) is 3.19. The molecule has 1 aromatic heterocycles. The van der Waals surface area contributed by atoms with Gasteiger partial charge in [-0.15, -0.1) is 0 Å². The molecule has 26 heavy (non-hydrogen) atoms. The number of carbonyl (C=O) groups excluding carboxylic acids is 1. The standard InChI is InChI=1S/C21H21N3O2/c1-15-8-5-6-12-18(15)21(25)24-13-7-11-17(14-24)20-22-19(23-26-20)16-9-3-2-4-10-16/h2-6,8-10,12,17H,7,11,13-14H2,1H3/t17-/m0/s1. The molecule has 0 radical (unpaired) electrons. The maximum absolute atomic E-state index is 12.9. The second-order valence-corrected chi connectivity index (χ2v) is 6.73. The Hall–Kier alpha value is -2.95. The minimum atomic E-state index is 0.0793. The van der Waals surface area contributed by atoms with E-state index in [1.165, 1.54) is 0 Å². The summed E-state index contributed by atoms with van der Waals surface area (Å²) in [6.45, 7) is 3.35. The van der Waals surface area contributed by atoms with Gasteiger partial charge in [-0.25, -0.2) is 0 Å². The molecule has 1 amide bonds. The molecule has 5 nitrogen and oxygen atoms in total. The molecule has 1 aliphatic heterocycles. The molecule has 3 aromatic rings. The van der Waals surface area contributed by atoms with Gasteiger partial charge < -0.3 is 9.42 Å². The molecule has 1 atom stereocenters. The van der Waals surface area contributed by atoms with E-state index in [0.29, 0.717) is 18.3 Å². The van der Waals surface area contributed by atoms with Crippen LogP contribution in [0.25, 0.3) is 11.4 Å². The van der Waals surface area contributed by atoms with Crippen LogP contribution in [-0.4, -0.2) is 34.0 Å². The van der Waals surface area contributed by atoms with Gasteiger partial charge in [-0.05, 0) is 31.4 Å². The van der Waals surface area contributed by atoms with Gasteiger partial charge in [0, 0.05) is 24.2 Å². The van der Waals surface area contributed by atoms with E-state index in [1.807, 2.05) is 66.4 Å². The van der Waals surface area contributed by atoms with E-state index in [9.17, 15) is 4.79 Å². The minimum Gasteiger partial charge on any atom is -0.339 e. The summed E-state index contributed by atoms with van der Waals surface area (Å²) in [7, 11) is 0. The molecule has 132 valence electrons. The van der Waals surface area contributed by atoms with E-state index >= 15 is 0 Å². The Morgan fingerprint density at radius 3 is 2.69 bits per heavy atom. The topological polar surface area (TPSA) is 59.2 Å². The number of benzene rings is 2. The molecule has 2 aromatic carbocycles. The Morgan fingerprint density at radius 2 is 1.88 bits per heavy atom. The molecular formula is C21H21N3O2. The Balaban J connectivity index is 1.52. The Kier molecular flexibility index (Phi) is 4.52. The van der Waals surface area contributed by atoms with E-state index in [-0.39, 0.29) is 11.8 Å².